The van der Waals surface area contributed by atoms with Crippen LogP contribution in [0.15, 0.2) is 95.0 Å². The van der Waals surface area contributed by atoms with E-state index in [0.717, 1.165) is 21.3 Å². The monoisotopic (exact) mass is 595 g/mol. The van der Waals surface area contributed by atoms with Crippen LogP contribution in [-0.2, 0) is 18.7 Å². The zero-order valence-electron chi connectivity index (χ0n) is 20.1. The summed E-state index contributed by atoms with van der Waals surface area (Å²) in [7, 11) is 0. The van der Waals surface area contributed by atoms with Crippen LogP contribution < -0.4 is 11.0 Å². The van der Waals surface area contributed by atoms with Crippen molar-refractivity contribution in [1.29, 1.82) is 0 Å². The lowest BCUT2D eigenvalue weighted by atomic mass is 9.93. The summed E-state index contributed by atoms with van der Waals surface area (Å²) in [5, 5.41) is 22.3. The molecule has 0 radical (unpaired) electrons. The van der Waals surface area contributed by atoms with Crippen LogP contribution in [0.4, 0.5) is 14.5 Å². The molecule has 39 heavy (non-hydrogen) atoms. The third kappa shape index (κ3) is 5.68. The van der Waals surface area contributed by atoms with Gasteiger partial charge in [0.2, 0.25) is 0 Å². The summed E-state index contributed by atoms with van der Waals surface area (Å²) in [5.41, 5.74) is -1.43. The topological polar surface area (TPSA) is 120 Å². The molecular weight excluding hydrogens is 576 g/mol. The zero-order chi connectivity index (χ0) is 27.6. The molecule has 2 heterocycles. The lowest BCUT2D eigenvalue weighted by molar-refractivity contribution is -0.00948. The Morgan fingerprint density at radius 1 is 1.00 bits per heavy atom. The fourth-order valence-corrected chi connectivity index (χ4v) is 4.48. The number of aromatic nitrogens is 6. The molecule has 0 aliphatic carbocycles. The van der Waals surface area contributed by atoms with Gasteiger partial charge in [0.05, 0.1) is 18.8 Å². The van der Waals surface area contributed by atoms with Crippen molar-refractivity contribution in [3.05, 3.63) is 123 Å². The van der Waals surface area contributed by atoms with Crippen molar-refractivity contribution in [2.75, 3.05) is 5.32 Å². The summed E-state index contributed by atoms with van der Waals surface area (Å²) < 4.78 is 32.5. The molecule has 2 N–H and O–H groups in total. The maximum absolute atomic E-state index is 14.7. The van der Waals surface area contributed by atoms with E-state index in [-0.39, 0.29) is 18.0 Å². The lowest BCUT2D eigenvalue weighted by Crippen LogP contribution is -2.41. The quantitative estimate of drug-likeness (QED) is 0.283. The summed E-state index contributed by atoms with van der Waals surface area (Å²) in [6.45, 7) is -0.733. The molecule has 2 aromatic heterocycles. The molecule has 10 nitrogen and oxygen atoms in total. The number of halogens is 3. The number of anilines is 1. The van der Waals surface area contributed by atoms with Gasteiger partial charge in [0, 0.05) is 27.4 Å². The number of amides is 1. The minimum absolute atomic E-state index is 0.230. The normalized spacial score (nSPS) is 12.7. The highest BCUT2D eigenvalue weighted by molar-refractivity contribution is 9.10. The average molecular weight is 596 g/mol. The third-order valence-electron chi connectivity index (χ3n) is 5.96. The molecule has 0 fully saturated rings. The predicted molar refractivity (Wildman–Crippen MR) is 140 cm³/mol. The first kappa shape index (κ1) is 26.1. The Hall–Kier alpha value is -4.49. The van der Waals surface area contributed by atoms with Crippen molar-refractivity contribution in [2.24, 2.45) is 0 Å². The van der Waals surface area contributed by atoms with Crippen LogP contribution in [0.5, 0.6) is 0 Å². The number of benzene rings is 3. The maximum atomic E-state index is 14.7. The van der Waals surface area contributed by atoms with Crippen LogP contribution in [0.2, 0.25) is 0 Å². The Kier molecular flexibility index (Phi) is 7.17. The van der Waals surface area contributed by atoms with Crippen molar-refractivity contribution < 1.29 is 18.7 Å². The number of carbonyl (C=O) groups excluding carboxylic acids is 1. The second-order valence-electron chi connectivity index (χ2n) is 8.70. The SMILES string of the molecule is O=C(Nc1ccc(-n2cnn(C[C@@](O)(Cn3cncn3)c3ccc(F)cc3F)c2=O)cc1)c1cccc(Br)c1. The molecule has 13 heteroatoms. The lowest BCUT2D eigenvalue weighted by Gasteiger charge is -2.28. The van der Waals surface area contributed by atoms with E-state index in [1.807, 2.05) is 6.07 Å². The van der Waals surface area contributed by atoms with Gasteiger partial charge >= 0.3 is 5.69 Å². The molecule has 1 amide bonds. The molecule has 3 aromatic carbocycles. The second kappa shape index (κ2) is 10.7. The van der Waals surface area contributed by atoms with E-state index in [1.54, 1.807) is 42.5 Å². The minimum atomic E-state index is -2.02. The highest BCUT2D eigenvalue weighted by Gasteiger charge is 2.35. The van der Waals surface area contributed by atoms with Crippen molar-refractivity contribution in [3.63, 3.8) is 0 Å². The Labute approximate surface area is 228 Å². The van der Waals surface area contributed by atoms with E-state index in [9.17, 15) is 23.5 Å². The van der Waals surface area contributed by atoms with Gasteiger partial charge in [-0.05, 0) is 48.5 Å². The fraction of sp³-hybridized carbons (Fsp3) is 0.115. The van der Waals surface area contributed by atoms with E-state index in [4.69, 9.17) is 0 Å². The summed E-state index contributed by atoms with van der Waals surface area (Å²) >= 11 is 3.34. The fourth-order valence-electron chi connectivity index (χ4n) is 4.08. The number of aliphatic hydroxyl groups is 1. The summed E-state index contributed by atoms with van der Waals surface area (Å²) in [5.74, 6) is -2.09. The van der Waals surface area contributed by atoms with E-state index < -0.39 is 29.5 Å². The number of nitrogens with one attached hydrogen (secondary N) is 1. The van der Waals surface area contributed by atoms with E-state index in [0.29, 0.717) is 23.0 Å². The molecule has 5 aromatic rings. The van der Waals surface area contributed by atoms with Gasteiger partial charge in [-0.3, -0.25) is 4.79 Å². The molecule has 0 bridgehead atoms. The molecule has 0 aliphatic rings. The second-order valence-corrected chi connectivity index (χ2v) is 9.62. The highest BCUT2D eigenvalue weighted by atomic mass is 79.9. The Balaban J connectivity index is 1.39. The summed E-state index contributed by atoms with van der Waals surface area (Å²) in [4.78, 5) is 29.5. The molecule has 0 aliphatic heterocycles. The number of hydrogen-bond donors (Lipinski definition) is 2. The summed E-state index contributed by atoms with van der Waals surface area (Å²) in [6.07, 6.45) is 3.83. The van der Waals surface area contributed by atoms with Crippen LogP contribution >= 0.6 is 15.9 Å². The Morgan fingerprint density at radius 2 is 1.79 bits per heavy atom. The Bertz CT molecular complexity index is 1690. The molecule has 0 saturated heterocycles. The van der Waals surface area contributed by atoms with Gasteiger partial charge < -0.3 is 10.4 Å². The molecular formula is C26H20BrF2N7O3. The number of rotatable bonds is 8. The molecule has 0 spiro atoms. The largest absolute Gasteiger partial charge is 0.381 e. The number of carbonyl (C=O) groups is 1. The van der Waals surface area contributed by atoms with Crippen molar-refractivity contribution >= 4 is 27.5 Å². The van der Waals surface area contributed by atoms with Crippen LogP contribution in [-0.4, -0.2) is 40.1 Å². The Morgan fingerprint density at radius 3 is 2.49 bits per heavy atom. The van der Waals surface area contributed by atoms with Crippen molar-refractivity contribution in [1.82, 2.24) is 29.1 Å². The zero-order valence-corrected chi connectivity index (χ0v) is 21.7. The minimum Gasteiger partial charge on any atom is -0.381 e. The maximum Gasteiger partial charge on any atom is 0.350 e. The average Bonchev–Trinajstić information content (AvgIpc) is 3.54. The van der Waals surface area contributed by atoms with Gasteiger partial charge in [-0.2, -0.15) is 10.2 Å². The predicted octanol–water partition coefficient (Wildman–Crippen LogP) is 3.51. The summed E-state index contributed by atoms with van der Waals surface area (Å²) in [6, 6.07) is 16.2. The molecule has 0 saturated carbocycles. The number of hydrogen-bond acceptors (Lipinski definition) is 6. The highest BCUT2D eigenvalue weighted by Crippen LogP contribution is 2.28. The molecule has 198 valence electrons. The first-order valence-electron chi connectivity index (χ1n) is 11.5. The molecule has 5 rings (SSSR count). The van der Waals surface area contributed by atoms with Gasteiger partial charge in [0.1, 0.15) is 36.2 Å². The van der Waals surface area contributed by atoms with Gasteiger partial charge in [-0.15, -0.1) is 0 Å². The molecule has 0 unspecified atom stereocenters. The van der Waals surface area contributed by atoms with Gasteiger partial charge in [-0.25, -0.2) is 32.5 Å². The van der Waals surface area contributed by atoms with Crippen LogP contribution in [0.25, 0.3) is 5.69 Å². The van der Waals surface area contributed by atoms with E-state index in [2.05, 4.69) is 36.4 Å². The van der Waals surface area contributed by atoms with Crippen LogP contribution in [0.1, 0.15) is 15.9 Å². The van der Waals surface area contributed by atoms with Crippen molar-refractivity contribution in [2.45, 2.75) is 18.7 Å². The molecule has 1 atom stereocenters. The van der Waals surface area contributed by atoms with E-state index >= 15 is 0 Å². The van der Waals surface area contributed by atoms with Gasteiger partial charge in [-0.1, -0.05) is 28.1 Å². The van der Waals surface area contributed by atoms with Crippen LogP contribution in [0.3, 0.4) is 0 Å². The standard InChI is InChI=1S/C26H20BrF2N7O3/c27-18-3-1-2-17(10-18)24(37)33-20-5-7-21(8-6-20)35-16-32-36(25(35)38)13-26(39,12-34-15-30-14-31-34)22-9-4-19(28)11-23(22)29/h1-11,14-16,39H,12-13H2,(H,33,37)/t26-/m0/s1. The van der Waals surface area contributed by atoms with Gasteiger partial charge in [0.15, 0.2) is 0 Å². The third-order valence-corrected chi connectivity index (χ3v) is 6.45. The first-order valence-corrected chi connectivity index (χ1v) is 12.3. The number of nitrogens with zero attached hydrogens (tertiary/aromatic N) is 6. The van der Waals surface area contributed by atoms with Gasteiger partial charge in [0.25, 0.3) is 5.91 Å². The van der Waals surface area contributed by atoms with Crippen LogP contribution in [0, 0.1) is 11.6 Å². The van der Waals surface area contributed by atoms with E-state index in [1.165, 1.54) is 28.2 Å². The smallest absolute Gasteiger partial charge is 0.350 e. The van der Waals surface area contributed by atoms with Crippen molar-refractivity contribution in [3.8, 4) is 5.69 Å². The first-order chi connectivity index (χ1) is 18.7.